The van der Waals surface area contributed by atoms with Crippen LogP contribution >= 0.6 is 0 Å². The number of anilines is 3. The quantitative estimate of drug-likeness (QED) is 0.846. The van der Waals surface area contributed by atoms with E-state index in [4.69, 9.17) is 10.5 Å². The van der Waals surface area contributed by atoms with E-state index in [1.54, 1.807) is 26.0 Å². The van der Waals surface area contributed by atoms with Crippen LogP contribution in [-0.2, 0) is 4.74 Å². The molecule has 0 aliphatic carbocycles. The molecule has 6 heteroatoms. The highest BCUT2D eigenvalue weighted by Crippen LogP contribution is 2.22. The summed E-state index contributed by atoms with van der Waals surface area (Å²) < 4.78 is 18.5. The number of rotatable bonds is 4. The molecule has 1 aromatic carbocycles. The SMILES string of the molecule is CCOC(=O)c1cc(N)cnc1Nc1ccc(C)c(F)c1. The lowest BCUT2D eigenvalue weighted by Gasteiger charge is -2.11. The fourth-order valence-corrected chi connectivity index (χ4v) is 1.75. The van der Waals surface area contributed by atoms with Gasteiger partial charge < -0.3 is 15.8 Å². The number of pyridine rings is 1. The summed E-state index contributed by atoms with van der Waals surface area (Å²) in [6.07, 6.45) is 1.41. The Kier molecular flexibility index (Phi) is 4.37. The highest BCUT2D eigenvalue weighted by Gasteiger charge is 2.15. The van der Waals surface area contributed by atoms with Crippen LogP contribution in [-0.4, -0.2) is 17.6 Å². The zero-order chi connectivity index (χ0) is 15.4. The number of aromatic nitrogens is 1. The van der Waals surface area contributed by atoms with Crippen LogP contribution in [0.5, 0.6) is 0 Å². The summed E-state index contributed by atoms with van der Waals surface area (Å²) in [7, 11) is 0. The molecule has 1 aromatic heterocycles. The molecule has 110 valence electrons. The molecule has 0 amide bonds. The Morgan fingerprint density at radius 3 is 2.86 bits per heavy atom. The van der Waals surface area contributed by atoms with Crippen LogP contribution in [0.2, 0.25) is 0 Å². The van der Waals surface area contributed by atoms with Crippen LogP contribution in [0.3, 0.4) is 0 Å². The Bertz CT molecular complexity index is 674. The van der Waals surface area contributed by atoms with E-state index in [0.29, 0.717) is 16.9 Å². The highest BCUT2D eigenvalue weighted by molar-refractivity contribution is 5.96. The van der Waals surface area contributed by atoms with Gasteiger partial charge in [0.1, 0.15) is 17.2 Å². The minimum atomic E-state index is -0.535. The number of benzene rings is 1. The average molecular weight is 289 g/mol. The number of nitrogens with two attached hydrogens (primary N) is 1. The van der Waals surface area contributed by atoms with E-state index < -0.39 is 5.97 Å². The van der Waals surface area contributed by atoms with Crippen molar-refractivity contribution in [3.63, 3.8) is 0 Å². The number of aryl methyl sites for hydroxylation is 1. The maximum atomic E-state index is 13.6. The second-order valence-electron chi connectivity index (χ2n) is 4.47. The van der Waals surface area contributed by atoms with E-state index in [1.165, 1.54) is 18.3 Å². The Labute approximate surface area is 121 Å². The molecule has 0 saturated carbocycles. The summed E-state index contributed by atoms with van der Waals surface area (Å²) in [5.74, 6) is -0.605. The van der Waals surface area contributed by atoms with Crippen molar-refractivity contribution in [1.29, 1.82) is 0 Å². The second kappa shape index (κ2) is 6.21. The van der Waals surface area contributed by atoms with Gasteiger partial charge in [-0.15, -0.1) is 0 Å². The van der Waals surface area contributed by atoms with Crippen LogP contribution in [0.15, 0.2) is 30.5 Å². The lowest BCUT2D eigenvalue weighted by molar-refractivity contribution is 0.0527. The summed E-state index contributed by atoms with van der Waals surface area (Å²) in [5, 5.41) is 2.90. The van der Waals surface area contributed by atoms with E-state index >= 15 is 0 Å². The van der Waals surface area contributed by atoms with Crippen LogP contribution in [0, 0.1) is 12.7 Å². The normalized spacial score (nSPS) is 10.2. The second-order valence-corrected chi connectivity index (χ2v) is 4.47. The van der Waals surface area contributed by atoms with Gasteiger partial charge in [-0.25, -0.2) is 14.2 Å². The van der Waals surface area contributed by atoms with Gasteiger partial charge in [0, 0.05) is 5.69 Å². The topological polar surface area (TPSA) is 77.2 Å². The van der Waals surface area contributed by atoms with Gasteiger partial charge in [0.15, 0.2) is 0 Å². The lowest BCUT2D eigenvalue weighted by atomic mass is 10.2. The Morgan fingerprint density at radius 1 is 1.43 bits per heavy atom. The third-order valence-corrected chi connectivity index (χ3v) is 2.84. The monoisotopic (exact) mass is 289 g/mol. The first-order valence-electron chi connectivity index (χ1n) is 6.47. The van der Waals surface area contributed by atoms with Gasteiger partial charge in [-0.1, -0.05) is 6.07 Å². The van der Waals surface area contributed by atoms with Crippen molar-refractivity contribution in [2.75, 3.05) is 17.7 Å². The molecule has 0 atom stereocenters. The smallest absolute Gasteiger partial charge is 0.341 e. The van der Waals surface area contributed by atoms with Gasteiger partial charge in [-0.3, -0.25) is 0 Å². The van der Waals surface area contributed by atoms with Crippen molar-refractivity contribution in [2.24, 2.45) is 0 Å². The Morgan fingerprint density at radius 2 is 2.19 bits per heavy atom. The Hall–Kier alpha value is -2.63. The van der Waals surface area contributed by atoms with Gasteiger partial charge in [0.25, 0.3) is 0 Å². The molecular formula is C15H16FN3O2. The first kappa shape index (κ1) is 14.8. The van der Waals surface area contributed by atoms with Crippen LogP contribution < -0.4 is 11.1 Å². The number of halogens is 1. The van der Waals surface area contributed by atoms with Gasteiger partial charge in [-0.05, 0) is 37.6 Å². The molecule has 0 aliphatic heterocycles. The van der Waals surface area contributed by atoms with E-state index in [2.05, 4.69) is 10.3 Å². The van der Waals surface area contributed by atoms with Crippen molar-refractivity contribution in [3.8, 4) is 0 Å². The average Bonchev–Trinajstić information content (AvgIpc) is 2.45. The maximum Gasteiger partial charge on any atom is 0.341 e. The number of nitrogen functional groups attached to an aromatic ring is 1. The van der Waals surface area contributed by atoms with Gasteiger partial charge in [0.2, 0.25) is 0 Å². The van der Waals surface area contributed by atoms with Crippen LogP contribution in [0.25, 0.3) is 0 Å². The number of carbonyl (C=O) groups excluding carboxylic acids is 1. The maximum absolute atomic E-state index is 13.6. The van der Waals surface area contributed by atoms with E-state index in [-0.39, 0.29) is 23.8 Å². The minimum absolute atomic E-state index is 0.206. The third kappa shape index (κ3) is 3.47. The fraction of sp³-hybridized carbons (Fsp3) is 0.200. The van der Waals surface area contributed by atoms with Crippen molar-refractivity contribution >= 4 is 23.2 Å². The molecule has 21 heavy (non-hydrogen) atoms. The van der Waals surface area contributed by atoms with Crippen LogP contribution in [0.4, 0.5) is 21.6 Å². The first-order valence-corrected chi connectivity index (χ1v) is 6.47. The highest BCUT2D eigenvalue weighted by atomic mass is 19.1. The fourth-order valence-electron chi connectivity index (χ4n) is 1.75. The zero-order valence-corrected chi connectivity index (χ0v) is 11.8. The minimum Gasteiger partial charge on any atom is -0.462 e. The molecule has 2 rings (SSSR count). The molecule has 5 nitrogen and oxygen atoms in total. The number of nitrogens with zero attached hydrogens (tertiary/aromatic N) is 1. The molecule has 0 bridgehead atoms. The molecule has 2 aromatic rings. The number of carbonyl (C=O) groups is 1. The number of nitrogens with one attached hydrogen (secondary N) is 1. The largest absolute Gasteiger partial charge is 0.462 e. The Balaban J connectivity index is 2.34. The summed E-state index contributed by atoms with van der Waals surface area (Å²) in [6, 6.07) is 6.14. The molecule has 0 radical (unpaired) electrons. The molecule has 3 N–H and O–H groups in total. The van der Waals surface area contributed by atoms with Crippen molar-refractivity contribution in [1.82, 2.24) is 4.98 Å². The summed E-state index contributed by atoms with van der Waals surface area (Å²) >= 11 is 0. The summed E-state index contributed by atoms with van der Waals surface area (Å²) in [5.41, 5.74) is 7.22. The number of ether oxygens (including phenoxy) is 1. The van der Waals surface area contributed by atoms with E-state index in [0.717, 1.165) is 0 Å². The molecule has 0 spiro atoms. The first-order chi connectivity index (χ1) is 10.0. The van der Waals surface area contributed by atoms with Crippen molar-refractivity contribution in [3.05, 3.63) is 47.4 Å². The van der Waals surface area contributed by atoms with Gasteiger partial charge >= 0.3 is 5.97 Å². The van der Waals surface area contributed by atoms with Crippen molar-refractivity contribution in [2.45, 2.75) is 13.8 Å². The molecule has 0 aliphatic rings. The number of esters is 1. The predicted octanol–water partition coefficient (Wildman–Crippen LogP) is 3.03. The number of hydrogen-bond donors (Lipinski definition) is 2. The number of hydrogen-bond acceptors (Lipinski definition) is 5. The summed E-state index contributed by atoms with van der Waals surface area (Å²) in [6.45, 7) is 3.62. The molecule has 0 unspecified atom stereocenters. The van der Waals surface area contributed by atoms with Crippen molar-refractivity contribution < 1.29 is 13.9 Å². The molecular weight excluding hydrogens is 273 g/mol. The zero-order valence-electron chi connectivity index (χ0n) is 11.8. The van der Waals surface area contributed by atoms with E-state index in [1.807, 2.05) is 0 Å². The van der Waals surface area contributed by atoms with Gasteiger partial charge in [0.05, 0.1) is 18.5 Å². The van der Waals surface area contributed by atoms with Crippen LogP contribution in [0.1, 0.15) is 22.8 Å². The molecule has 0 saturated heterocycles. The summed E-state index contributed by atoms with van der Waals surface area (Å²) in [4.78, 5) is 16.0. The van der Waals surface area contributed by atoms with E-state index in [9.17, 15) is 9.18 Å². The molecule has 0 fully saturated rings. The van der Waals surface area contributed by atoms with Gasteiger partial charge in [-0.2, -0.15) is 0 Å². The molecule has 1 heterocycles. The third-order valence-electron chi connectivity index (χ3n) is 2.84. The standard InChI is InChI=1S/C15H16FN3O2/c1-3-21-15(20)12-6-10(17)8-18-14(12)19-11-5-4-9(2)13(16)7-11/h4-8H,3,17H2,1-2H3,(H,18,19). The lowest BCUT2D eigenvalue weighted by Crippen LogP contribution is -2.10. The predicted molar refractivity (Wildman–Crippen MR) is 79.0 cm³/mol.